The molecule has 0 atom stereocenters. The Morgan fingerprint density at radius 3 is 2.49 bits per heavy atom. The van der Waals surface area contributed by atoms with Crippen molar-refractivity contribution >= 4 is 23.5 Å². The molecule has 1 aliphatic heterocycles. The Hall–Kier alpha value is -4.11. The number of aromatic nitrogens is 3. The second-order valence-corrected chi connectivity index (χ2v) is 9.21. The van der Waals surface area contributed by atoms with Crippen LogP contribution in [0.2, 0.25) is 0 Å². The van der Waals surface area contributed by atoms with E-state index in [0.29, 0.717) is 67.6 Å². The molecule has 1 fully saturated rings. The van der Waals surface area contributed by atoms with E-state index in [9.17, 15) is 9.59 Å². The minimum Gasteiger partial charge on any atom is -0.378 e. The van der Waals surface area contributed by atoms with E-state index in [1.807, 2.05) is 45.0 Å². The van der Waals surface area contributed by atoms with E-state index >= 15 is 0 Å². The summed E-state index contributed by atoms with van der Waals surface area (Å²) >= 11 is 0. The van der Waals surface area contributed by atoms with Crippen LogP contribution in [0.15, 0.2) is 54.2 Å². The van der Waals surface area contributed by atoms with Gasteiger partial charge in [-0.25, -0.2) is 15.0 Å². The van der Waals surface area contributed by atoms with Crippen molar-refractivity contribution in [3.8, 4) is 11.3 Å². The van der Waals surface area contributed by atoms with Crippen LogP contribution in [-0.4, -0.2) is 59.5 Å². The lowest BCUT2D eigenvalue weighted by atomic mass is 10.0. The van der Waals surface area contributed by atoms with Crippen molar-refractivity contribution in [2.45, 2.75) is 27.2 Å². The number of hydrogen-bond donors (Lipinski definition) is 2. The molecular formula is C28H32N6O3. The second-order valence-electron chi connectivity index (χ2n) is 9.21. The van der Waals surface area contributed by atoms with Crippen molar-refractivity contribution in [2.24, 2.45) is 0 Å². The summed E-state index contributed by atoms with van der Waals surface area (Å²) in [6, 6.07) is 11.0. The predicted molar refractivity (Wildman–Crippen MR) is 144 cm³/mol. The summed E-state index contributed by atoms with van der Waals surface area (Å²) in [5, 5.41) is 3.01. The predicted octanol–water partition coefficient (Wildman–Crippen LogP) is 3.39. The van der Waals surface area contributed by atoms with Crippen molar-refractivity contribution in [3.63, 3.8) is 0 Å². The number of hydrogen-bond acceptors (Lipinski definition) is 8. The molecule has 0 bridgehead atoms. The zero-order chi connectivity index (χ0) is 26.4. The third-order valence-corrected chi connectivity index (χ3v) is 6.04. The number of nitrogen functional groups attached to an aromatic ring is 1. The highest BCUT2D eigenvalue weighted by Gasteiger charge is 2.18. The Morgan fingerprint density at radius 2 is 1.81 bits per heavy atom. The molecule has 1 aliphatic rings. The van der Waals surface area contributed by atoms with Crippen LogP contribution in [0.1, 0.15) is 45.8 Å². The number of allylic oxidation sites excluding steroid dienone is 2. The van der Waals surface area contributed by atoms with Gasteiger partial charge in [0.2, 0.25) is 5.95 Å². The fraction of sp³-hybridized carbons (Fsp3) is 0.321. The molecule has 0 aliphatic carbocycles. The molecule has 3 N–H and O–H groups in total. The number of anilines is 2. The van der Waals surface area contributed by atoms with E-state index in [1.54, 1.807) is 24.4 Å². The SMILES string of the molecule is CC(C)=CC(=O)c1ccc(CCNC(=O)c2cc(-c3cnc(N)nc3C)nc(N3CCOCC3)c2)cc1. The maximum absolute atomic E-state index is 13.2. The highest BCUT2D eigenvalue weighted by atomic mass is 16.5. The number of aryl methyl sites for hydroxylation is 1. The smallest absolute Gasteiger partial charge is 0.251 e. The van der Waals surface area contributed by atoms with Gasteiger partial charge in [-0.15, -0.1) is 0 Å². The molecule has 1 saturated heterocycles. The van der Waals surface area contributed by atoms with Crippen LogP contribution in [0, 0.1) is 6.92 Å². The van der Waals surface area contributed by atoms with Crippen molar-refractivity contribution in [1.29, 1.82) is 0 Å². The molecule has 9 heteroatoms. The maximum atomic E-state index is 13.2. The van der Waals surface area contributed by atoms with Gasteiger partial charge in [-0.2, -0.15) is 0 Å². The van der Waals surface area contributed by atoms with Crippen LogP contribution in [0.3, 0.4) is 0 Å². The summed E-state index contributed by atoms with van der Waals surface area (Å²) < 4.78 is 5.47. The number of rotatable bonds is 8. The van der Waals surface area contributed by atoms with Gasteiger partial charge in [0.25, 0.3) is 5.91 Å². The first-order chi connectivity index (χ1) is 17.8. The molecule has 3 aromatic rings. The number of nitrogens with two attached hydrogens (primary N) is 1. The summed E-state index contributed by atoms with van der Waals surface area (Å²) in [5.41, 5.74) is 10.9. The summed E-state index contributed by atoms with van der Waals surface area (Å²) in [6.45, 7) is 8.70. The van der Waals surface area contributed by atoms with Crippen LogP contribution < -0.4 is 16.0 Å². The largest absolute Gasteiger partial charge is 0.378 e. The number of morpholine rings is 1. The molecule has 1 amide bonds. The quantitative estimate of drug-likeness (QED) is 0.356. The summed E-state index contributed by atoms with van der Waals surface area (Å²) in [7, 11) is 0. The molecule has 1 aromatic carbocycles. The number of pyridine rings is 1. The highest BCUT2D eigenvalue weighted by molar-refractivity contribution is 6.04. The Kier molecular flexibility index (Phi) is 8.25. The summed E-state index contributed by atoms with van der Waals surface area (Å²) in [5.74, 6) is 0.699. The average Bonchev–Trinajstić information content (AvgIpc) is 2.89. The molecule has 3 heterocycles. The zero-order valence-electron chi connectivity index (χ0n) is 21.5. The van der Waals surface area contributed by atoms with E-state index in [4.69, 9.17) is 15.5 Å². The molecule has 4 rings (SSSR count). The Morgan fingerprint density at radius 1 is 1.08 bits per heavy atom. The summed E-state index contributed by atoms with van der Waals surface area (Å²) in [6.07, 6.45) is 3.90. The zero-order valence-corrected chi connectivity index (χ0v) is 21.5. The van der Waals surface area contributed by atoms with E-state index in [1.165, 1.54) is 0 Å². The third kappa shape index (κ3) is 6.77. The molecule has 0 radical (unpaired) electrons. The third-order valence-electron chi connectivity index (χ3n) is 6.04. The summed E-state index contributed by atoms with van der Waals surface area (Å²) in [4.78, 5) is 40.6. The minimum absolute atomic E-state index is 0.00819. The molecule has 192 valence electrons. The fourth-order valence-electron chi connectivity index (χ4n) is 4.08. The molecule has 0 saturated carbocycles. The van der Waals surface area contributed by atoms with E-state index in [0.717, 1.165) is 16.7 Å². The van der Waals surface area contributed by atoms with Gasteiger partial charge in [0.05, 0.1) is 24.6 Å². The molecular weight excluding hydrogens is 468 g/mol. The van der Waals surface area contributed by atoms with Crippen LogP contribution >= 0.6 is 0 Å². The lowest BCUT2D eigenvalue weighted by Gasteiger charge is -2.28. The number of nitrogens with one attached hydrogen (secondary N) is 1. The molecule has 0 unspecified atom stereocenters. The van der Waals surface area contributed by atoms with Crippen LogP contribution in [0.25, 0.3) is 11.3 Å². The first-order valence-electron chi connectivity index (χ1n) is 12.3. The van der Waals surface area contributed by atoms with Crippen LogP contribution in [-0.2, 0) is 11.2 Å². The van der Waals surface area contributed by atoms with Gasteiger partial charge < -0.3 is 20.7 Å². The number of carbonyl (C=O) groups excluding carboxylic acids is 2. The Bertz CT molecular complexity index is 1310. The highest BCUT2D eigenvalue weighted by Crippen LogP contribution is 2.25. The van der Waals surface area contributed by atoms with Crippen molar-refractivity contribution in [1.82, 2.24) is 20.3 Å². The Balaban J connectivity index is 1.49. The minimum atomic E-state index is -0.192. The second kappa shape index (κ2) is 11.7. The topological polar surface area (TPSA) is 123 Å². The van der Waals surface area contributed by atoms with E-state index < -0.39 is 0 Å². The number of benzene rings is 1. The number of amides is 1. The first kappa shape index (κ1) is 26.0. The monoisotopic (exact) mass is 500 g/mol. The first-order valence-corrected chi connectivity index (χ1v) is 12.3. The fourth-order valence-corrected chi connectivity index (χ4v) is 4.08. The van der Waals surface area contributed by atoms with Crippen LogP contribution in [0.4, 0.5) is 11.8 Å². The van der Waals surface area contributed by atoms with Gasteiger partial charge >= 0.3 is 0 Å². The van der Waals surface area contributed by atoms with Crippen molar-refractivity contribution in [3.05, 3.63) is 76.6 Å². The maximum Gasteiger partial charge on any atom is 0.251 e. The van der Waals surface area contributed by atoms with Gasteiger partial charge in [0.1, 0.15) is 5.82 Å². The van der Waals surface area contributed by atoms with Gasteiger partial charge in [0, 0.05) is 42.5 Å². The van der Waals surface area contributed by atoms with Crippen LogP contribution in [0.5, 0.6) is 0 Å². The number of nitrogens with zero attached hydrogens (tertiary/aromatic N) is 4. The molecule has 9 nitrogen and oxygen atoms in total. The number of ether oxygens (including phenoxy) is 1. The van der Waals surface area contributed by atoms with Crippen molar-refractivity contribution < 1.29 is 14.3 Å². The van der Waals surface area contributed by atoms with Crippen molar-refractivity contribution in [2.75, 3.05) is 43.5 Å². The normalized spacial score (nSPS) is 13.2. The lowest BCUT2D eigenvalue weighted by Crippen LogP contribution is -2.37. The molecule has 37 heavy (non-hydrogen) atoms. The average molecular weight is 501 g/mol. The van der Waals surface area contributed by atoms with E-state index in [-0.39, 0.29) is 17.6 Å². The van der Waals surface area contributed by atoms with Gasteiger partial charge in [0.15, 0.2) is 5.78 Å². The lowest BCUT2D eigenvalue weighted by molar-refractivity contribution is 0.0953. The van der Waals surface area contributed by atoms with Gasteiger partial charge in [-0.1, -0.05) is 29.8 Å². The van der Waals surface area contributed by atoms with Gasteiger partial charge in [-0.05, 0) is 51.0 Å². The standard InChI is InChI=1S/C28H32N6O3/c1-18(2)14-25(35)21-6-4-20(5-7-21)8-9-30-27(36)22-15-24(23-17-31-28(29)32-19(23)3)33-26(16-22)34-10-12-37-13-11-34/h4-7,14-17H,8-13H2,1-3H3,(H,30,36)(H2,29,31,32). The number of carbonyl (C=O) groups is 2. The molecule has 2 aromatic heterocycles. The Labute approximate surface area is 216 Å². The van der Waals surface area contributed by atoms with E-state index in [2.05, 4.69) is 20.2 Å². The molecule has 0 spiro atoms. The van der Waals surface area contributed by atoms with Gasteiger partial charge in [-0.3, -0.25) is 9.59 Å². The number of ketones is 1.